The quantitative estimate of drug-likeness (QED) is 0.0303. The number of hydrogen-bond acceptors (Lipinski definition) is 10. The molecule has 1 rings (SSSR count). The van der Waals surface area contributed by atoms with Crippen molar-refractivity contribution in [3.63, 3.8) is 0 Å². The Balaban J connectivity index is 0.00000392. The number of alkyl halides is 3. The molecule has 6 unspecified atom stereocenters. The highest BCUT2D eigenvalue weighted by molar-refractivity contribution is 7.80. The number of halogens is 3. The first kappa shape index (κ1) is 50.9. The molecule has 0 heterocycles. The van der Waals surface area contributed by atoms with Gasteiger partial charge in [0.25, 0.3) is 0 Å². The molecular weight excluding hydrogens is 767 g/mol. The van der Waals surface area contributed by atoms with E-state index in [1.54, 1.807) is 6.92 Å². The molecule has 0 spiro atoms. The number of benzene rings is 1. The number of aliphatic imine (C=N–C) groups is 1. The fourth-order valence-corrected chi connectivity index (χ4v) is 4.91. The number of carboxylic acid groups (broad SMARTS) is 2. The van der Waals surface area contributed by atoms with E-state index in [0.29, 0.717) is 6.42 Å². The van der Waals surface area contributed by atoms with Crippen LogP contribution in [0.5, 0.6) is 0 Å². The number of nitrogens with zero attached hydrogens (tertiary/aromatic N) is 1. The van der Waals surface area contributed by atoms with Crippen LogP contribution in [0.4, 0.5) is 13.2 Å². The number of carbonyl (C=O) groups is 7. The Morgan fingerprint density at radius 1 is 0.839 bits per heavy atom. The zero-order valence-electron chi connectivity index (χ0n) is 31.6. The van der Waals surface area contributed by atoms with Crippen LogP contribution in [0, 0.1) is 11.8 Å². The van der Waals surface area contributed by atoms with Gasteiger partial charge in [-0.15, -0.1) is 0 Å². The molecule has 0 radical (unpaired) electrons. The number of guanidine groups is 1. The maximum Gasteiger partial charge on any atom is 0.490 e. The van der Waals surface area contributed by atoms with Gasteiger partial charge in [0.15, 0.2) is 5.96 Å². The number of nitrogens with one attached hydrogen (secondary N) is 5. The fraction of sp³-hybridized carbons (Fsp3) is 0.588. The number of hydrogen-bond donors (Lipinski definition) is 11. The number of nitrogens with two attached hydrogens (primary N) is 3. The Morgan fingerprint density at radius 3 is 1.88 bits per heavy atom. The van der Waals surface area contributed by atoms with Crippen molar-refractivity contribution in [1.29, 1.82) is 0 Å². The molecule has 5 amide bonds. The van der Waals surface area contributed by atoms with Crippen LogP contribution in [0.2, 0.25) is 0 Å². The summed E-state index contributed by atoms with van der Waals surface area (Å²) in [5.41, 5.74) is 17.6. The SMILES string of the molecule is CCC(C)C(NC(=O)C(CS)NC(=O)C(N)Cc1ccccc1)C(=O)NCC(=O)NC(CCCN=C(N)N)C(=O)NC(CC(C)C)C(=O)O.O=C(O)C(F)(F)F. The third-order valence-corrected chi connectivity index (χ3v) is 8.19. The van der Waals surface area contributed by atoms with Gasteiger partial charge in [-0.2, -0.15) is 25.8 Å². The lowest BCUT2D eigenvalue weighted by Crippen LogP contribution is -2.58. The second-order valence-corrected chi connectivity index (χ2v) is 13.4. The van der Waals surface area contributed by atoms with Crippen LogP contribution in [0.15, 0.2) is 35.3 Å². The monoisotopic (exact) mass is 821 g/mol. The summed E-state index contributed by atoms with van der Waals surface area (Å²) in [4.78, 5) is 89.6. The standard InChI is InChI=1S/C32H53N9O7S.C2HF3O2/c1-5-19(4)26(41-29(45)24(17-49)40-27(43)21(33)15-20-10-7-6-8-11-20)30(46)37-16-25(42)38-22(12-9-13-36-32(34)35)28(44)39-23(31(47)48)14-18(2)3;3-2(4,5)1(6)7/h6-8,10-11,18-19,21-24,26,49H,5,9,12-17,33H2,1-4H3,(H,37,46)(H,38,42)(H,39,44)(H,40,43)(H,41,45)(H,47,48)(H4,34,35,36);(H,6,7). The largest absolute Gasteiger partial charge is 0.490 e. The number of thiol groups is 1. The van der Waals surface area contributed by atoms with Gasteiger partial charge in [0.2, 0.25) is 29.5 Å². The molecule has 0 fully saturated rings. The van der Waals surface area contributed by atoms with Crippen molar-refractivity contribution in [2.75, 3.05) is 18.8 Å². The molecule has 0 aliphatic carbocycles. The van der Waals surface area contributed by atoms with E-state index in [9.17, 15) is 47.0 Å². The van der Waals surface area contributed by atoms with Gasteiger partial charge < -0.3 is 54.0 Å². The minimum Gasteiger partial charge on any atom is -0.480 e. The highest BCUT2D eigenvalue weighted by atomic mass is 32.1. The van der Waals surface area contributed by atoms with E-state index in [2.05, 4.69) is 44.2 Å². The first-order chi connectivity index (χ1) is 26.0. The number of rotatable bonds is 22. The number of amides is 5. The molecule has 0 bridgehead atoms. The van der Waals surface area contributed by atoms with Crippen LogP contribution >= 0.6 is 12.6 Å². The Labute approximate surface area is 328 Å². The van der Waals surface area contributed by atoms with Crippen molar-refractivity contribution in [2.45, 2.75) is 96.2 Å². The predicted octanol–water partition coefficient (Wildman–Crippen LogP) is -0.595. The number of carboxylic acids is 2. The van der Waals surface area contributed by atoms with Gasteiger partial charge in [0.1, 0.15) is 24.2 Å². The Kier molecular flexibility index (Phi) is 23.5. The lowest BCUT2D eigenvalue weighted by Gasteiger charge is -2.26. The molecule has 56 heavy (non-hydrogen) atoms. The van der Waals surface area contributed by atoms with Gasteiger partial charge in [-0.25, -0.2) is 9.59 Å². The lowest BCUT2D eigenvalue weighted by atomic mass is 9.98. The molecule has 0 saturated carbocycles. The van der Waals surface area contributed by atoms with E-state index >= 15 is 0 Å². The second-order valence-electron chi connectivity index (χ2n) is 13.0. The molecule has 0 aliphatic heterocycles. The molecule has 13 N–H and O–H groups in total. The van der Waals surface area contributed by atoms with Crippen molar-refractivity contribution >= 4 is 60.1 Å². The summed E-state index contributed by atoms with van der Waals surface area (Å²) >= 11 is 4.20. The van der Waals surface area contributed by atoms with Crippen LogP contribution < -0.4 is 43.8 Å². The Hall–Kier alpha value is -5.12. The first-order valence-corrected chi connectivity index (χ1v) is 18.1. The summed E-state index contributed by atoms with van der Waals surface area (Å²) in [5.74, 6) is -7.91. The van der Waals surface area contributed by atoms with E-state index in [-0.39, 0.29) is 55.8 Å². The van der Waals surface area contributed by atoms with Crippen molar-refractivity contribution in [1.82, 2.24) is 26.6 Å². The van der Waals surface area contributed by atoms with E-state index in [1.807, 2.05) is 51.1 Å². The van der Waals surface area contributed by atoms with Crippen molar-refractivity contribution in [2.24, 2.45) is 34.0 Å². The van der Waals surface area contributed by atoms with Crippen LogP contribution in [0.25, 0.3) is 0 Å². The number of aliphatic carboxylic acids is 2. The fourth-order valence-electron chi connectivity index (χ4n) is 4.65. The van der Waals surface area contributed by atoms with Gasteiger partial charge in [0, 0.05) is 12.3 Å². The van der Waals surface area contributed by atoms with Crippen molar-refractivity contribution < 1.29 is 56.9 Å². The predicted molar refractivity (Wildman–Crippen MR) is 203 cm³/mol. The average molecular weight is 822 g/mol. The van der Waals surface area contributed by atoms with E-state index in [1.165, 1.54) is 0 Å². The molecule has 6 atom stereocenters. The Bertz CT molecular complexity index is 1480. The molecule has 1 aromatic carbocycles. The average Bonchev–Trinajstić information content (AvgIpc) is 3.11. The smallest absolute Gasteiger partial charge is 0.480 e. The number of carbonyl (C=O) groups excluding carboxylic acids is 5. The summed E-state index contributed by atoms with van der Waals surface area (Å²) in [6.07, 6.45) is -3.80. The topological polar surface area (TPSA) is 311 Å². The zero-order valence-corrected chi connectivity index (χ0v) is 32.5. The first-order valence-electron chi connectivity index (χ1n) is 17.5. The van der Waals surface area contributed by atoms with Crippen LogP contribution in [0.3, 0.4) is 0 Å². The molecule has 0 saturated heterocycles. The minimum absolute atomic E-state index is 0.0259. The lowest BCUT2D eigenvalue weighted by molar-refractivity contribution is -0.192. The van der Waals surface area contributed by atoms with Gasteiger partial charge >= 0.3 is 18.1 Å². The third kappa shape index (κ3) is 21.1. The van der Waals surface area contributed by atoms with Gasteiger partial charge in [-0.3, -0.25) is 29.0 Å². The highest BCUT2D eigenvalue weighted by Crippen LogP contribution is 2.13. The summed E-state index contributed by atoms with van der Waals surface area (Å²) in [6.45, 7) is 6.79. The van der Waals surface area contributed by atoms with Gasteiger partial charge in [-0.1, -0.05) is 64.4 Å². The summed E-state index contributed by atoms with van der Waals surface area (Å²) in [5, 5.41) is 29.4. The maximum absolute atomic E-state index is 13.2. The highest BCUT2D eigenvalue weighted by Gasteiger charge is 2.38. The molecule has 18 nitrogen and oxygen atoms in total. The molecule has 0 aromatic heterocycles. The van der Waals surface area contributed by atoms with E-state index < -0.39 is 84.4 Å². The Morgan fingerprint density at radius 2 is 1.39 bits per heavy atom. The van der Waals surface area contributed by atoms with Crippen LogP contribution in [0.1, 0.15) is 58.9 Å². The maximum atomic E-state index is 13.2. The van der Waals surface area contributed by atoms with Crippen molar-refractivity contribution in [3.05, 3.63) is 35.9 Å². The van der Waals surface area contributed by atoms with Gasteiger partial charge in [0.05, 0.1) is 12.6 Å². The molecule has 316 valence electrons. The summed E-state index contributed by atoms with van der Waals surface area (Å²) in [7, 11) is 0. The minimum atomic E-state index is -5.08. The molecule has 0 aliphatic rings. The van der Waals surface area contributed by atoms with Crippen LogP contribution in [-0.4, -0.2) is 113 Å². The van der Waals surface area contributed by atoms with E-state index in [4.69, 9.17) is 27.1 Å². The molecule has 22 heteroatoms. The van der Waals surface area contributed by atoms with Crippen molar-refractivity contribution in [3.8, 4) is 0 Å². The second kappa shape index (κ2) is 25.9. The molecule has 1 aromatic rings. The summed E-state index contributed by atoms with van der Waals surface area (Å²) < 4.78 is 31.7. The van der Waals surface area contributed by atoms with E-state index in [0.717, 1.165) is 5.56 Å². The molecular formula is C34H54F3N9O9S. The van der Waals surface area contributed by atoms with Gasteiger partial charge in [-0.05, 0) is 43.1 Å². The third-order valence-electron chi connectivity index (χ3n) is 7.83. The summed E-state index contributed by atoms with van der Waals surface area (Å²) in [6, 6.07) is 3.74. The zero-order chi connectivity index (χ0) is 43.2. The normalized spacial score (nSPS) is 14.2. The van der Waals surface area contributed by atoms with Crippen LogP contribution in [-0.2, 0) is 40.0 Å².